The molecule has 0 aliphatic carbocycles. The number of carbonyl (C=O) groups is 3. The van der Waals surface area contributed by atoms with E-state index in [2.05, 4.69) is 47.5 Å². The summed E-state index contributed by atoms with van der Waals surface area (Å²) in [6, 6.07) is 15.9. The van der Waals surface area contributed by atoms with Crippen LogP contribution < -0.4 is 37.0 Å². The summed E-state index contributed by atoms with van der Waals surface area (Å²) < 4.78 is 27.0. The van der Waals surface area contributed by atoms with Crippen LogP contribution in [0.3, 0.4) is 0 Å². The number of aryl methyl sites for hydroxylation is 1. The molecule has 0 atom stereocenters. The highest BCUT2D eigenvalue weighted by molar-refractivity contribution is 7.90. The van der Waals surface area contributed by atoms with E-state index in [1.807, 2.05) is 31.2 Å². The molecule has 0 saturated heterocycles. The molecule has 0 radical (unpaired) electrons. The summed E-state index contributed by atoms with van der Waals surface area (Å²) in [6.45, 7) is 15.1. The number of quaternary nitrogens is 1. The molecule has 0 fully saturated rings. The van der Waals surface area contributed by atoms with Gasteiger partial charge in [-0.05, 0) is 125 Å². The van der Waals surface area contributed by atoms with Crippen molar-refractivity contribution >= 4 is 39.5 Å². The average molecular weight is 710 g/mol. The molecule has 2 aliphatic heterocycles. The van der Waals surface area contributed by atoms with Crippen molar-refractivity contribution in [1.29, 1.82) is 0 Å². The molecule has 2 heterocycles. The molecule has 50 heavy (non-hydrogen) atoms. The number of carbonyl (C=O) groups excluding carboxylic acids is 3. The number of nitrogens with one attached hydrogen (secondary N) is 5. The van der Waals surface area contributed by atoms with Gasteiger partial charge < -0.3 is 37.2 Å². The second-order valence-electron chi connectivity index (χ2n) is 12.2. The summed E-state index contributed by atoms with van der Waals surface area (Å²) in [7, 11) is -3.93. The standard InChI is InChI=1S/C19H22N4O4S.C11H15N3O.C6H15N/c1-13-2-6-17(7-3-13)28(26,27)22-19(25)23-10-8-14-4-5-16(21-18(20)24)12-15(14)9-11-23;12-11(15)14-10-2-1-8-3-5-13-6-4-9(8)7-10;1-4-7(5-2)6-3/h2-7,12H,8-11H2,1H3,(H,22,25)(H3,20,21,24);1-2,7,13H,3-6H2,(H3,12,14,15);4-6H2,1-3H3/p+1. The van der Waals surface area contributed by atoms with Gasteiger partial charge in [0.1, 0.15) is 0 Å². The van der Waals surface area contributed by atoms with E-state index in [-0.39, 0.29) is 4.90 Å². The smallest absolute Gasteiger partial charge is 0.331 e. The molecule has 272 valence electrons. The molecule has 14 heteroatoms. The number of nitrogens with zero attached hydrogens (tertiary/aromatic N) is 1. The summed E-state index contributed by atoms with van der Waals surface area (Å²) in [5.74, 6) is 0. The first-order chi connectivity index (χ1) is 23.8. The van der Waals surface area contributed by atoms with Gasteiger partial charge in [0.25, 0.3) is 10.0 Å². The summed E-state index contributed by atoms with van der Waals surface area (Å²) in [5.41, 5.74) is 17.2. The molecule has 0 spiro atoms. The third kappa shape index (κ3) is 12.7. The summed E-state index contributed by atoms with van der Waals surface area (Å²) >= 11 is 0. The lowest BCUT2D eigenvalue weighted by molar-refractivity contribution is -0.894. The van der Waals surface area contributed by atoms with E-state index in [1.165, 1.54) is 47.8 Å². The Balaban J connectivity index is 0.000000255. The fourth-order valence-corrected chi connectivity index (χ4v) is 6.72. The Morgan fingerprint density at radius 1 is 0.720 bits per heavy atom. The van der Waals surface area contributed by atoms with Gasteiger partial charge in [0.05, 0.1) is 24.5 Å². The van der Waals surface area contributed by atoms with E-state index in [9.17, 15) is 22.8 Å². The van der Waals surface area contributed by atoms with Crippen LogP contribution in [-0.2, 0) is 35.7 Å². The molecule has 0 aromatic heterocycles. The average Bonchev–Trinajstić information content (AvgIpc) is 3.44. The maximum atomic E-state index is 12.5. The number of primary amides is 2. The Kier molecular flexibility index (Phi) is 15.5. The number of nitrogens with two attached hydrogens (primary N) is 2. The predicted octanol–water partition coefficient (Wildman–Crippen LogP) is 2.78. The quantitative estimate of drug-likeness (QED) is 0.197. The summed E-state index contributed by atoms with van der Waals surface area (Å²) in [6.07, 6.45) is 3.18. The molecule has 9 N–H and O–H groups in total. The maximum Gasteiger partial charge on any atom is 0.331 e. The van der Waals surface area contributed by atoms with Crippen molar-refractivity contribution in [2.45, 2.75) is 58.3 Å². The fourth-order valence-electron chi connectivity index (χ4n) is 5.75. The lowest BCUT2D eigenvalue weighted by atomic mass is 10.0. The van der Waals surface area contributed by atoms with E-state index in [0.717, 1.165) is 48.3 Å². The highest BCUT2D eigenvalue weighted by Crippen LogP contribution is 2.21. The Morgan fingerprint density at radius 3 is 1.66 bits per heavy atom. The highest BCUT2D eigenvalue weighted by atomic mass is 32.2. The second-order valence-corrected chi connectivity index (χ2v) is 13.9. The number of rotatable bonds is 7. The van der Waals surface area contributed by atoms with E-state index in [0.29, 0.717) is 31.6 Å². The number of benzene rings is 3. The number of hydrogen-bond acceptors (Lipinski definition) is 6. The number of fused-ring (bicyclic) bond motifs is 2. The van der Waals surface area contributed by atoms with Crippen molar-refractivity contribution in [3.05, 3.63) is 88.5 Å². The lowest BCUT2D eigenvalue weighted by Crippen LogP contribution is -3.11. The Labute approximate surface area is 296 Å². The molecule has 6 amide bonds. The van der Waals surface area contributed by atoms with Crippen molar-refractivity contribution in [2.75, 3.05) is 56.4 Å². The van der Waals surface area contributed by atoms with Gasteiger partial charge in [-0.1, -0.05) is 29.8 Å². The number of amides is 6. The fraction of sp³-hybridized carbons (Fsp3) is 0.417. The largest absolute Gasteiger partial charge is 0.351 e. The van der Waals surface area contributed by atoms with Crippen LogP contribution in [0.5, 0.6) is 0 Å². The van der Waals surface area contributed by atoms with Gasteiger partial charge in [-0.3, -0.25) is 0 Å². The number of urea groups is 3. The van der Waals surface area contributed by atoms with Crippen molar-refractivity contribution in [3.63, 3.8) is 0 Å². The van der Waals surface area contributed by atoms with Crippen LogP contribution >= 0.6 is 0 Å². The first-order valence-corrected chi connectivity index (χ1v) is 18.6. The monoisotopic (exact) mass is 709 g/mol. The third-order valence-electron chi connectivity index (χ3n) is 8.73. The van der Waals surface area contributed by atoms with Crippen LogP contribution in [0.4, 0.5) is 25.8 Å². The minimum Gasteiger partial charge on any atom is -0.351 e. The van der Waals surface area contributed by atoms with Crippen LogP contribution in [0.15, 0.2) is 65.6 Å². The second kappa shape index (κ2) is 19.5. The van der Waals surface area contributed by atoms with Gasteiger partial charge in [0.2, 0.25) is 0 Å². The molecule has 0 bridgehead atoms. The predicted molar refractivity (Wildman–Crippen MR) is 198 cm³/mol. The van der Waals surface area contributed by atoms with Crippen LogP contribution in [-0.4, -0.2) is 77.2 Å². The van der Waals surface area contributed by atoms with Crippen molar-refractivity contribution < 1.29 is 27.7 Å². The first-order valence-electron chi connectivity index (χ1n) is 17.1. The Hall–Kier alpha value is -4.66. The normalized spacial score (nSPS) is 13.8. The molecule has 13 nitrogen and oxygen atoms in total. The zero-order chi connectivity index (χ0) is 36.7. The van der Waals surface area contributed by atoms with Gasteiger partial charge in [0, 0.05) is 24.5 Å². The van der Waals surface area contributed by atoms with Crippen molar-refractivity contribution in [2.24, 2.45) is 11.5 Å². The van der Waals surface area contributed by atoms with E-state index >= 15 is 0 Å². The molecule has 3 aromatic rings. The minimum absolute atomic E-state index is 0.0479. The lowest BCUT2D eigenvalue weighted by Gasteiger charge is -2.20. The van der Waals surface area contributed by atoms with Crippen molar-refractivity contribution in [1.82, 2.24) is 14.9 Å². The molecule has 2 aliphatic rings. The molecular formula is C36H53N8O5S+. The van der Waals surface area contributed by atoms with Crippen LogP contribution in [0, 0.1) is 6.92 Å². The molecule has 3 aromatic carbocycles. The molecule has 0 saturated carbocycles. The topological polar surface area (TPSA) is 193 Å². The van der Waals surface area contributed by atoms with Gasteiger partial charge >= 0.3 is 18.1 Å². The number of anilines is 2. The molecule has 5 rings (SSSR count). The molecular weight excluding hydrogens is 657 g/mol. The van der Waals surface area contributed by atoms with E-state index in [4.69, 9.17) is 11.5 Å². The highest BCUT2D eigenvalue weighted by Gasteiger charge is 2.24. The van der Waals surface area contributed by atoms with Gasteiger partial charge in [-0.2, -0.15) is 0 Å². The van der Waals surface area contributed by atoms with Crippen LogP contribution in [0.1, 0.15) is 48.6 Å². The summed E-state index contributed by atoms with van der Waals surface area (Å²) in [5, 5.41) is 8.47. The van der Waals surface area contributed by atoms with E-state index < -0.39 is 28.1 Å². The van der Waals surface area contributed by atoms with Gasteiger partial charge in [-0.25, -0.2) is 27.5 Å². The summed E-state index contributed by atoms with van der Waals surface area (Å²) in [4.78, 5) is 37.5. The van der Waals surface area contributed by atoms with E-state index in [1.54, 1.807) is 23.1 Å². The van der Waals surface area contributed by atoms with Crippen LogP contribution in [0.25, 0.3) is 0 Å². The minimum atomic E-state index is -3.93. The SMILES string of the molecule is CC[NH+](CC)CC.Cc1ccc(S(=O)(=O)NC(=O)N2CCc3ccc(NC(N)=O)cc3CC2)cc1.NC(=O)Nc1ccc2c(c1)CCNCC2. The zero-order valence-corrected chi connectivity index (χ0v) is 30.4. The van der Waals surface area contributed by atoms with Gasteiger partial charge in [-0.15, -0.1) is 0 Å². The Bertz CT molecular complexity index is 1690. The van der Waals surface area contributed by atoms with Gasteiger partial charge in [0.15, 0.2) is 0 Å². The first kappa shape index (κ1) is 39.8. The zero-order valence-electron chi connectivity index (χ0n) is 29.6. The Morgan fingerprint density at radius 2 is 1.18 bits per heavy atom. The number of hydrogen-bond donors (Lipinski definition) is 7. The number of sulfonamides is 1. The molecule has 0 unspecified atom stereocenters. The third-order valence-corrected chi connectivity index (χ3v) is 10.1. The van der Waals surface area contributed by atoms with Crippen LogP contribution in [0.2, 0.25) is 0 Å². The maximum absolute atomic E-state index is 12.5. The van der Waals surface area contributed by atoms with Crippen molar-refractivity contribution in [3.8, 4) is 0 Å².